The van der Waals surface area contributed by atoms with Gasteiger partial charge in [-0.2, -0.15) is 0 Å². The minimum atomic E-state index is -0.508. The van der Waals surface area contributed by atoms with Crippen molar-refractivity contribution in [2.45, 2.75) is 53.1 Å². The van der Waals surface area contributed by atoms with Crippen LogP contribution in [0.5, 0.6) is 0 Å². The molecule has 2 fully saturated rings. The third-order valence-corrected chi connectivity index (χ3v) is 5.27. The molecular formula is C21H33N5O3. The van der Waals surface area contributed by atoms with E-state index in [2.05, 4.69) is 14.9 Å². The number of hydrogen-bond acceptors (Lipinski definition) is 6. The second kappa shape index (κ2) is 8.55. The molecule has 0 bridgehead atoms. The molecule has 1 unspecified atom stereocenters. The van der Waals surface area contributed by atoms with Crippen LogP contribution in [0.3, 0.4) is 0 Å². The number of amides is 2. The van der Waals surface area contributed by atoms with Gasteiger partial charge in [0.15, 0.2) is 0 Å². The molecule has 160 valence electrons. The first-order valence-electron chi connectivity index (χ1n) is 10.5. The lowest BCUT2D eigenvalue weighted by Gasteiger charge is -2.39. The molecule has 0 radical (unpaired) electrons. The summed E-state index contributed by atoms with van der Waals surface area (Å²) in [5.41, 5.74) is 1.38. The lowest BCUT2D eigenvalue weighted by Crippen LogP contribution is -2.54. The minimum absolute atomic E-state index is 0.0544. The lowest BCUT2D eigenvalue weighted by molar-refractivity contribution is -0.137. The van der Waals surface area contributed by atoms with Crippen molar-refractivity contribution in [2.24, 2.45) is 5.92 Å². The van der Waals surface area contributed by atoms with E-state index in [0.717, 1.165) is 36.7 Å². The highest BCUT2D eigenvalue weighted by molar-refractivity contribution is 5.80. The van der Waals surface area contributed by atoms with Crippen LogP contribution in [0, 0.1) is 19.8 Å². The Kier molecular flexibility index (Phi) is 6.29. The van der Waals surface area contributed by atoms with E-state index in [-0.39, 0.29) is 17.9 Å². The largest absolute Gasteiger partial charge is 0.444 e. The summed E-state index contributed by atoms with van der Waals surface area (Å²) >= 11 is 0. The highest BCUT2D eigenvalue weighted by Crippen LogP contribution is 2.23. The number of rotatable bonds is 2. The summed E-state index contributed by atoms with van der Waals surface area (Å²) in [4.78, 5) is 40.1. The molecule has 1 aromatic heterocycles. The van der Waals surface area contributed by atoms with Crippen molar-refractivity contribution in [3.63, 3.8) is 0 Å². The van der Waals surface area contributed by atoms with Crippen LogP contribution in [0.4, 0.5) is 10.7 Å². The molecule has 8 heteroatoms. The summed E-state index contributed by atoms with van der Waals surface area (Å²) in [5.74, 6) is 0.832. The smallest absolute Gasteiger partial charge is 0.410 e. The Labute approximate surface area is 173 Å². The average Bonchev–Trinajstić information content (AvgIpc) is 2.65. The van der Waals surface area contributed by atoms with Crippen LogP contribution in [0.25, 0.3) is 0 Å². The molecule has 0 aliphatic carbocycles. The van der Waals surface area contributed by atoms with E-state index in [9.17, 15) is 9.59 Å². The highest BCUT2D eigenvalue weighted by atomic mass is 16.6. The van der Waals surface area contributed by atoms with Gasteiger partial charge in [-0.15, -0.1) is 0 Å². The molecule has 8 nitrogen and oxygen atoms in total. The number of aromatic nitrogens is 2. The molecular weight excluding hydrogens is 370 g/mol. The second-order valence-electron chi connectivity index (χ2n) is 9.03. The van der Waals surface area contributed by atoms with Gasteiger partial charge in [0.1, 0.15) is 5.60 Å². The molecule has 2 saturated heterocycles. The van der Waals surface area contributed by atoms with Crippen LogP contribution >= 0.6 is 0 Å². The van der Waals surface area contributed by atoms with Crippen LogP contribution < -0.4 is 4.90 Å². The molecule has 1 aromatic rings. The molecule has 2 amide bonds. The monoisotopic (exact) mass is 403 g/mol. The van der Waals surface area contributed by atoms with Gasteiger partial charge in [-0.25, -0.2) is 14.8 Å². The van der Waals surface area contributed by atoms with Crippen LogP contribution in [0.1, 0.15) is 45.0 Å². The van der Waals surface area contributed by atoms with Crippen molar-refractivity contribution in [1.82, 2.24) is 19.8 Å². The molecule has 2 aliphatic rings. The van der Waals surface area contributed by atoms with Crippen LogP contribution in [-0.2, 0) is 9.53 Å². The van der Waals surface area contributed by atoms with Gasteiger partial charge in [0.05, 0.1) is 5.92 Å². The zero-order valence-electron chi connectivity index (χ0n) is 18.3. The number of nitrogens with zero attached hydrogens (tertiary/aromatic N) is 5. The summed E-state index contributed by atoms with van der Waals surface area (Å²) in [6, 6.07) is 1.96. The van der Waals surface area contributed by atoms with Gasteiger partial charge < -0.3 is 19.4 Å². The van der Waals surface area contributed by atoms with Crippen molar-refractivity contribution in [2.75, 3.05) is 44.2 Å². The molecule has 29 heavy (non-hydrogen) atoms. The predicted octanol–water partition coefficient (Wildman–Crippen LogP) is 2.39. The lowest BCUT2D eigenvalue weighted by atomic mass is 9.96. The molecule has 3 rings (SSSR count). The minimum Gasteiger partial charge on any atom is -0.444 e. The molecule has 0 spiro atoms. The average molecular weight is 404 g/mol. The summed E-state index contributed by atoms with van der Waals surface area (Å²) in [7, 11) is 0. The van der Waals surface area contributed by atoms with Crippen molar-refractivity contribution in [3.8, 4) is 0 Å². The Morgan fingerprint density at radius 3 is 2.17 bits per heavy atom. The molecule has 1 atom stereocenters. The number of carbonyl (C=O) groups excluding carboxylic acids is 2. The zero-order chi connectivity index (χ0) is 21.2. The van der Waals surface area contributed by atoms with Gasteiger partial charge >= 0.3 is 6.09 Å². The number of piperidine rings is 1. The van der Waals surface area contributed by atoms with E-state index in [0.29, 0.717) is 32.7 Å². The number of ether oxygens (including phenoxy) is 1. The molecule has 3 heterocycles. The fourth-order valence-corrected chi connectivity index (χ4v) is 3.90. The third-order valence-electron chi connectivity index (χ3n) is 5.27. The first-order chi connectivity index (χ1) is 13.6. The van der Waals surface area contributed by atoms with Gasteiger partial charge in [-0.1, -0.05) is 0 Å². The first-order valence-corrected chi connectivity index (χ1v) is 10.5. The third kappa shape index (κ3) is 5.58. The Bertz CT molecular complexity index is 733. The van der Waals surface area contributed by atoms with Crippen LogP contribution in [0.15, 0.2) is 6.07 Å². The van der Waals surface area contributed by atoms with Crippen molar-refractivity contribution in [1.29, 1.82) is 0 Å². The Hall–Kier alpha value is -2.38. The number of hydrogen-bond donors (Lipinski definition) is 0. The van der Waals surface area contributed by atoms with Crippen molar-refractivity contribution >= 4 is 17.9 Å². The van der Waals surface area contributed by atoms with E-state index in [1.807, 2.05) is 45.6 Å². The highest BCUT2D eigenvalue weighted by Gasteiger charge is 2.33. The van der Waals surface area contributed by atoms with E-state index < -0.39 is 5.60 Å². The molecule has 0 aromatic carbocycles. The summed E-state index contributed by atoms with van der Waals surface area (Å²) in [6.45, 7) is 13.2. The Balaban J connectivity index is 1.56. The molecule has 0 saturated carbocycles. The van der Waals surface area contributed by atoms with E-state index in [1.165, 1.54) is 0 Å². The zero-order valence-corrected chi connectivity index (χ0v) is 18.3. The van der Waals surface area contributed by atoms with Crippen LogP contribution in [-0.4, -0.2) is 76.6 Å². The summed E-state index contributed by atoms with van der Waals surface area (Å²) in [6.07, 6.45) is 1.53. The maximum absolute atomic E-state index is 13.1. The molecule has 0 N–H and O–H groups in total. The standard InChI is InChI=1S/C21H33N5O3/c1-15-13-16(2)23-19(22-15)26-8-6-7-17(14-26)18(27)24-9-11-25(12-10-24)20(28)29-21(3,4)5/h13,17H,6-12,14H2,1-5H3. The normalized spacial score (nSPS) is 20.6. The summed E-state index contributed by atoms with van der Waals surface area (Å²) in [5, 5.41) is 0. The van der Waals surface area contributed by atoms with Crippen molar-refractivity contribution < 1.29 is 14.3 Å². The van der Waals surface area contributed by atoms with E-state index >= 15 is 0 Å². The SMILES string of the molecule is Cc1cc(C)nc(N2CCCC(C(=O)N3CCN(C(=O)OC(C)(C)C)CC3)C2)n1. The topological polar surface area (TPSA) is 78.9 Å². The van der Waals surface area contributed by atoms with E-state index in [4.69, 9.17) is 4.74 Å². The van der Waals surface area contributed by atoms with Crippen LogP contribution in [0.2, 0.25) is 0 Å². The first kappa shape index (κ1) is 21.3. The van der Waals surface area contributed by atoms with Gasteiger partial charge in [0, 0.05) is 50.7 Å². The van der Waals surface area contributed by atoms with Gasteiger partial charge in [0.25, 0.3) is 0 Å². The summed E-state index contributed by atoms with van der Waals surface area (Å²) < 4.78 is 5.43. The fraction of sp³-hybridized carbons (Fsp3) is 0.714. The number of carbonyl (C=O) groups is 2. The van der Waals surface area contributed by atoms with Gasteiger partial charge in [-0.3, -0.25) is 4.79 Å². The maximum Gasteiger partial charge on any atom is 0.410 e. The quantitative estimate of drug-likeness (QED) is 0.754. The number of aryl methyl sites for hydroxylation is 2. The van der Waals surface area contributed by atoms with Crippen molar-refractivity contribution in [3.05, 3.63) is 17.5 Å². The van der Waals surface area contributed by atoms with Gasteiger partial charge in [0.2, 0.25) is 11.9 Å². The van der Waals surface area contributed by atoms with Gasteiger partial charge in [-0.05, 0) is 53.5 Å². The van der Waals surface area contributed by atoms with E-state index in [1.54, 1.807) is 4.90 Å². The Morgan fingerprint density at radius 1 is 1.00 bits per heavy atom. The predicted molar refractivity (Wildman–Crippen MR) is 111 cm³/mol. The fourth-order valence-electron chi connectivity index (χ4n) is 3.90. The molecule has 2 aliphatic heterocycles. The second-order valence-corrected chi connectivity index (χ2v) is 9.03. The number of anilines is 1. The maximum atomic E-state index is 13.1. The Morgan fingerprint density at radius 2 is 1.59 bits per heavy atom. The number of piperazine rings is 1.